The second kappa shape index (κ2) is 4.85. The molecule has 1 unspecified atom stereocenters. The Morgan fingerprint density at radius 3 is 2.31 bits per heavy atom. The number of phenolic OH excluding ortho intramolecular Hbond substituents is 2. The van der Waals surface area contributed by atoms with Gasteiger partial charge in [-0.15, -0.1) is 0 Å². The Labute approximate surface area is 93.6 Å². The van der Waals surface area contributed by atoms with Crippen molar-refractivity contribution < 1.29 is 20.1 Å². The minimum atomic E-state index is -0.530. The lowest BCUT2D eigenvalue weighted by atomic mass is 10.1. The van der Waals surface area contributed by atoms with Gasteiger partial charge < -0.3 is 20.2 Å². The van der Waals surface area contributed by atoms with Gasteiger partial charge >= 0.3 is 0 Å². The SMILES string of the molecule is CC(CO)N(C)C(=O)c1c(O)cccc1O. The van der Waals surface area contributed by atoms with Gasteiger partial charge in [-0.05, 0) is 19.1 Å². The first kappa shape index (κ1) is 12.3. The molecule has 0 aliphatic heterocycles. The third kappa shape index (κ3) is 2.25. The van der Waals surface area contributed by atoms with E-state index in [2.05, 4.69) is 0 Å². The van der Waals surface area contributed by atoms with E-state index in [1.165, 1.54) is 30.1 Å². The zero-order chi connectivity index (χ0) is 12.3. The van der Waals surface area contributed by atoms with Crippen LogP contribution < -0.4 is 0 Å². The molecule has 0 fully saturated rings. The lowest BCUT2D eigenvalue weighted by Crippen LogP contribution is -2.37. The number of carbonyl (C=O) groups is 1. The molecule has 1 atom stereocenters. The molecular formula is C11H15NO4. The van der Waals surface area contributed by atoms with Crippen molar-refractivity contribution in [2.75, 3.05) is 13.7 Å². The number of rotatable bonds is 3. The largest absolute Gasteiger partial charge is 0.507 e. The van der Waals surface area contributed by atoms with Gasteiger partial charge in [-0.2, -0.15) is 0 Å². The normalized spacial score (nSPS) is 12.2. The molecule has 16 heavy (non-hydrogen) atoms. The van der Waals surface area contributed by atoms with Crippen LogP contribution in [0.3, 0.4) is 0 Å². The van der Waals surface area contributed by atoms with E-state index in [1.807, 2.05) is 0 Å². The van der Waals surface area contributed by atoms with Crippen LogP contribution in [0.1, 0.15) is 17.3 Å². The smallest absolute Gasteiger partial charge is 0.261 e. The van der Waals surface area contributed by atoms with Gasteiger partial charge in [0.2, 0.25) is 0 Å². The number of aromatic hydroxyl groups is 2. The van der Waals surface area contributed by atoms with Gasteiger partial charge in [0.05, 0.1) is 12.6 Å². The molecule has 0 bridgehead atoms. The molecule has 88 valence electrons. The third-order valence-electron chi connectivity index (χ3n) is 2.48. The molecule has 1 rings (SSSR count). The van der Waals surface area contributed by atoms with Crippen molar-refractivity contribution in [3.05, 3.63) is 23.8 Å². The highest BCUT2D eigenvalue weighted by Crippen LogP contribution is 2.27. The average Bonchev–Trinajstić information content (AvgIpc) is 2.26. The predicted octanol–water partition coefficient (Wildman–Crippen LogP) is 0.551. The van der Waals surface area contributed by atoms with Crippen molar-refractivity contribution in [2.45, 2.75) is 13.0 Å². The Morgan fingerprint density at radius 2 is 1.88 bits per heavy atom. The second-order valence-corrected chi connectivity index (χ2v) is 3.62. The van der Waals surface area contributed by atoms with E-state index in [1.54, 1.807) is 6.92 Å². The van der Waals surface area contributed by atoms with Crippen LogP contribution in [-0.2, 0) is 0 Å². The Balaban J connectivity index is 3.05. The van der Waals surface area contributed by atoms with E-state index in [-0.39, 0.29) is 29.7 Å². The van der Waals surface area contributed by atoms with E-state index in [9.17, 15) is 15.0 Å². The van der Waals surface area contributed by atoms with Gasteiger partial charge in [-0.3, -0.25) is 4.79 Å². The number of hydrogen-bond acceptors (Lipinski definition) is 4. The molecule has 0 radical (unpaired) electrons. The summed E-state index contributed by atoms with van der Waals surface area (Å²) in [6.45, 7) is 1.48. The Kier molecular flexibility index (Phi) is 3.73. The van der Waals surface area contributed by atoms with Crippen molar-refractivity contribution in [1.82, 2.24) is 4.90 Å². The lowest BCUT2D eigenvalue weighted by molar-refractivity contribution is 0.0676. The fraction of sp³-hybridized carbons (Fsp3) is 0.364. The summed E-state index contributed by atoms with van der Waals surface area (Å²) in [5.74, 6) is -1.08. The summed E-state index contributed by atoms with van der Waals surface area (Å²) in [5, 5.41) is 27.9. The fourth-order valence-electron chi connectivity index (χ4n) is 1.25. The van der Waals surface area contributed by atoms with Crippen molar-refractivity contribution in [1.29, 1.82) is 0 Å². The molecule has 1 amide bonds. The Hall–Kier alpha value is -1.75. The topological polar surface area (TPSA) is 81.0 Å². The summed E-state index contributed by atoms with van der Waals surface area (Å²) in [7, 11) is 1.50. The first-order chi connectivity index (χ1) is 7.49. The standard InChI is InChI=1S/C11H15NO4/c1-7(6-13)12(2)11(16)10-8(14)4-3-5-9(10)15/h3-5,7,13-15H,6H2,1-2H3. The number of nitrogens with zero attached hydrogens (tertiary/aromatic N) is 1. The number of carbonyl (C=O) groups excluding carboxylic acids is 1. The minimum absolute atomic E-state index is 0.148. The quantitative estimate of drug-likeness (QED) is 0.701. The summed E-state index contributed by atoms with van der Waals surface area (Å²) in [6, 6.07) is 3.71. The lowest BCUT2D eigenvalue weighted by Gasteiger charge is -2.23. The highest BCUT2D eigenvalue weighted by molar-refractivity contribution is 5.99. The monoisotopic (exact) mass is 225 g/mol. The van der Waals surface area contributed by atoms with Crippen molar-refractivity contribution in [3.63, 3.8) is 0 Å². The van der Waals surface area contributed by atoms with E-state index < -0.39 is 5.91 Å². The van der Waals surface area contributed by atoms with Crippen LogP contribution >= 0.6 is 0 Å². The predicted molar refractivity (Wildman–Crippen MR) is 58.4 cm³/mol. The van der Waals surface area contributed by atoms with Crippen LogP contribution in [0.4, 0.5) is 0 Å². The number of likely N-dealkylation sites (N-methyl/N-ethyl adjacent to an activating group) is 1. The molecule has 1 aromatic carbocycles. The molecule has 0 spiro atoms. The van der Waals surface area contributed by atoms with Crippen molar-refractivity contribution in [2.24, 2.45) is 0 Å². The Bertz CT molecular complexity index is 371. The maximum absolute atomic E-state index is 11.9. The average molecular weight is 225 g/mol. The first-order valence-electron chi connectivity index (χ1n) is 4.88. The fourth-order valence-corrected chi connectivity index (χ4v) is 1.25. The van der Waals surface area contributed by atoms with Crippen LogP contribution in [0.5, 0.6) is 11.5 Å². The van der Waals surface area contributed by atoms with Crippen molar-refractivity contribution >= 4 is 5.91 Å². The third-order valence-corrected chi connectivity index (χ3v) is 2.48. The number of benzene rings is 1. The maximum Gasteiger partial charge on any atom is 0.261 e. The van der Waals surface area contributed by atoms with Crippen LogP contribution in [-0.4, -0.2) is 45.8 Å². The van der Waals surface area contributed by atoms with E-state index >= 15 is 0 Å². The molecule has 0 aromatic heterocycles. The number of aliphatic hydroxyl groups excluding tert-OH is 1. The number of phenols is 2. The Morgan fingerprint density at radius 1 is 1.38 bits per heavy atom. The van der Waals surface area contributed by atoms with Gasteiger partial charge in [0.25, 0.3) is 5.91 Å². The number of aliphatic hydroxyl groups is 1. The summed E-state index contributed by atoms with van der Waals surface area (Å²) in [6.07, 6.45) is 0. The van der Waals surface area contributed by atoms with Gasteiger partial charge in [-0.25, -0.2) is 0 Å². The van der Waals surface area contributed by atoms with E-state index in [4.69, 9.17) is 5.11 Å². The molecule has 3 N–H and O–H groups in total. The number of hydrogen-bond donors (Lipinski definition) is 3. The molecule has 0 saturated carbocycles. The zero-order valence-corrected chi connectivity index (χ0v) is 9.21. The van der Waals surface area contributed by atoms with Crippen molar-refractivity contribution in [3.8, 4) is 11.5 Å². The van der Waals surface area contributed by atoms with Gasteiger partial charge in [0.1, 0.15) is 17.1 Å². The molecule has 1 aromatic rings. The van der Waals surface area contributed by atoms with Gasteiger partial charge in [0, 0.05) is 7.05 Å². The summed E-state index contributed by atoms with van der Waals surface area (Å²) in [4.78, 5) is 13.1. The van der Waals surface area contributed by atoms with Crippen LogP contribution in [0, 0.1) is 0 Å². The minimum Gasteiger partial charge on any atom is -0.507 e. The number of amides is 1. The maximum atomic E-state index is 11.9. The molecule has 0 aliphatic carbocycles. The summed E-state index contributed by atoms with van der Waals surface area (Å²) in [5.41, 5.74) is -0.148. The molecular weight excluding hydrogens is 210 g/mol. The van der Waals surface area contributed by atoms with Gasteiger partial charge in [-0.1, -0.05) is 6.07 Å². The van der Waals surface area contributed by atoms with Gasteiger partial charge in [0.15, 0.2) is 0 Å². The zero-order valence-electron chi connectivity index (χ0n) is 9.21. The highest BCUT2D eigenvalue weighted by Gasteiger charge is 2.22. The second-order valence-electron chi connectivity index (χ2n) is 3.62. The molecule has 0 heterocycles. The van der Waals surface area contributed by atoms with Crippen LogP contribution in [0.25, 0.3) is 0 Å². The summed E-state index contributed by atoms with van der Waals surface area (Å²) < 4.78 is 0. The van der Waals surface area contributed by atoms with Crippen LogP contribution in [0.15, 0.2) is 18.2 Å². The summed E-state index contributed by atoms with van der Waals surface area (Å²) >= 11 is 0. The van der Waals surface area contributed by atoms with E-state index in [0.717, 1.165) is 0 Å². The molecule has 5 nitrogen and oxygen atoms in total. The van der Waals surface area contributed by atoms with E-state index in [0.29, 0.717) is 0 Å². The molecule has 0 aliphatic rings. The molecule has 0 saturated heterocycles. The first-order valence-corrected chi connectivity index (χ1v) is 4.88. The highest BCUT2D eigenvalue weighted by atomic mass is 16.3. The van der Waals surface area contributed by atoms with Crippen LogP contribution in [0.2, 0.25) is 0 Å². The molecule has 5 heteroatoms.